The number of morpholine rings is 1. The summed E-state index contributed by atoms with van der Waals surface area (Å²) in [7, 11) is 0. The summed E-state index contributed by atoms with van der Waals surface area (Å²) in [6, 6.07) is 4.06. The number of hydrogen-bond donors (Lipinski definition) is 1. The first-order valence-electron chi connectivity index (χ1n) is 5.22. The third-order valence-electron chi connectivity index (χ3n) is 2.51. The summed E-state index contributed by atoms with van der Waals surface area (Å²) < 4.78 is 11.1. The van der Waals surface area contributed by atoms with Crippen LogP contribution in [0.4, 0.5) is 0 Å². The van der Waals surface area contributed by atoms with E-state index in [1.165, 1.54) is 0 Å². The second kappa shape index (κ2) is 4.62. The molecule has 78 valence electrons. The summed E-state index contributed by atoms with van der Waals surface area (Å²) in [6.07, 6.45) is 2.37. The Labute approximate surface area is 84.4 Å². The molecule has 1 saturated heterocycles. The van der Waals surface area contributed by atoms with E-state index in [4.69, 9.17) is 9.15 Å². The van der Waals surface area contributed by atoms with Gasteiger partial charge in [-0.2, -0.15) is 0 Å². The molecule has 1 N–H and O–H groups in total. The van der Waals surface area contributed by atoms with Gasteiger partial charge < -0.3 is 14.5 Å². The fourth-order valence-electron chi connectivity index (χ4n) is 1.73. The number of hydrogen-bond acceptors (Lipinski definition) is 3. The van der Waals surface area contributed by atoms with Gasteiger partial charge in [0.15, 0.2) is 0 Å². The Balaban J connectivity index is 1.76. The first-order valence-corrected chi connectivity index (χ1v) is 5.22. The molecule has 1 aromatic rings. The van der Waals surface area contributed by atoms with Crippen molar-refractivity contribution in [3.05, 3.63) is 23.7 Å². The number of nitrogens with one attached hydrogen (secondary N) is 1. The molecule has 2 rings (SSSR count). The van der Waals surface area contributed by atoms with E-state index in [1.54, 1.807) is 0 Å². The summed E-state index contributed by atoms with van der Waals surface area (Å²) in [6.45, 7) is 4.76. The predicted molar refractivity (Wildman–Crippen MR) is 54.4 cm³/mol. The van der Waals surface area contributed by atoms with E-state index in [-0.39, 0.29) is 0 Å². The van der Waals surface area contributed by atoms with Gasteiger partial charge in [0.25, 0.3) is 0 Å². The zero-order valence-corrected chi connectivity index (χ0v) is 8.58. The summed E-state index contributed by atoms with van der Waals surface area (Å²) in [5.41, 5.74) is 0. The number of aryl methyl sites for hydroxylation is 2. The Hall–Kier alpha value is -0.800. The molecule has 1 aliphatic rings. The van der Waals surface area contributed by atoms with E-state index >= 15 is 0 Å². The largest absolute Gasteiger partial charge is 0.466 e. The summed E-state index contributed by atoms with van der Waals surface area (Å²) in [5, 5.41) is 3.32. The Bertz CT molecular complexity index is 277. The smallest absolute Gasteiger partial charge is 0.104 e. The van der Waals surface area contributed by atoms with Gasteiger partial charge in [-0.1, -0.05) is 0 Å². The molecule has 0 bridgehead atoms. The van der Waals surface area contributed by atoms with Crippen molar-refractivity contribution in [2.75, 3.05) is 19.7 Å². The number of furan rings is 1. The van der Waals surface area contributed by atoms with Crippen LogP contribution in [0.1, 0.15) is 17.9 Å². The van der Waals surface area contributed by atoms with Crippen LogP contribution in [-0.2, 0) is 11.2 Å². The van der Waals surface area contributed by atoms with E-state index in [1.807, 2.05) is 19.1 Å². The van der Waals surface area contributed by atoms with Crippen LogP contribution in [0.25, 0.3) is 0 Å². The van der Waals surface area contributed by atoms with Gasteiger partial charge in [0.1, 0.15) is 11.5 Å². The van der Waals surface area contributed by atoms with Gasteiger partial charge in [-0.05, 0) is 25.5 Å². The van der Waals surface area contributed by atoms with Gasteiger partial charge in [-0.15, -0.1) is 0 Å². The fourth-order valence-corrected chi connectivity index (χ4v) is 1.73. The summed E-state index contributed by atoms with van der Waals surface area (Å²) >= 11 is 0. The average molecular weight is 195 g/mol. The van der Waals surface area contributed by atoms with Gasteiger partial charge in [0.2, 0.25) is 0 Å². The maximum atomic E-state index is 5.60. The second-order valence-corrected chi connectivity index (χ2v) is 3.75. The average Bonchev–Trinajstić information content (AvgIpc) is 2.63. The van der Waals surface area contributed by atoms with Crippen molar-refractivity contribution in [1.29, 1.82) is 0 Å². The van der Waals surface area contributed by atoms with E-state index in [0.717, 1.165) is 44.1 Å². The maximum absolute atomic E-state index is 5.60. The standard InChI is InChI=1S/C11H17NO2/c1-9-2-3-10(14-9)4-5-11-8-12-6-7-13-11/h2-3,11-12H,4-8H2,1H3. The highest BCUT2D eigenvalue weighted by atomic mass is 16.5. The van der Waals surface area contributed by atoms with Crippen molar-refractivity contribution in [2.24, 2.45) is 0 Å². The first-order chi connectivity index (χ1) is 6.84. The van der Waals surface area contributed by atoms with E-state index in [2.05, 4.69) is 5.32 Å². The Kier molecular flexibility index (Phi) is 3.22. The minimum Gasteiger partial charge on any atom is -0.466 e. The van der Waals surface area contributed by atoms with Crippen LogP contribution in [-0.4, -0.2) is 25.8 Å². The molecule has 0 amide bonds. The molecule has 14 heavy (non-hydrogen) atoms. The molecule has 2 heterocycles. The maximum Gasteiger partial charge on any atom is 0.104 e. The lowest BCUT2D eigenvalue weighted by atomic mass is 10.1. The van der Waals surface area contributed by atoms with Gasteiger partial charge in [0, 0.05) is 19.5 Å². The number of rotatable bonds is 3. The van der Waals surface area contributed by atoms with Gasteiger partial charge in [-0.25, -0.2) is 0 Å². The van der Waals surface area contributed by atoms with Crippen molar-refractivity contribution in [2.45, 2.75) is 25.9 Å². The van der Waals surface area contributed by atoms with Crippen molar-refractivity contribution >= 4 is 0 Å². The van der Waals surface area contributed by atoms with E-state index in [9.17, 15) is 0 Å². The van der Waals surface area contributed by atoms with Crippen molar-refractivity contribution in [3.63, 3.8) is 0 Å². The Morgan fingerprint density at radius 2 is 2.43 bits per heavy atom. The third-order valence-corrected chi connectivity index (χ3v) is 2.51. The molecule has 0 aromatic carbocycles. The summed E-state index contributed by atoms with van der Waals surface area (Å²) in [4.78, 5) is 0. The van der Waals surface area contributed by atoms with Crippen LogP contribution in [0.2, 0.25) is 0 Å². The minimum atomic E-state index is 0.356. The lowest BCUT2D eigenvalue weighted by Crippen LogP contribution is -2.38. The lowest BCUT2D eigenvalue weighted by molar-refractivity contribution is 0.0230. The molecule has 0 spiro atoms. The molecule has 0 radical (unpaired) electrons. The molecule has 1 aromatic heterocycles. The summed E-state index contributed by atoms with van der Waals surface area (Å²) in [5.74, 6) is 2.05. The molecule has 1 fully saturated rings. The van der Waals surface area contributed by atoms with Crippen LogP contribution in [0.5, 0.6) is 0 Å². The van der Waals surface area contributed by atoms with Gasteiger partial charge in [-0.3, -0.25) is 0 Å². The minimum absolute atomic E-state index is 0.356. The van der Waals surface area contributed by atoms with Crippen LogP contribution in [0.3, 0.4) is 0 Å². The predicted octanol–water partition coefficient (Wildman–Crippen LogP) is 1.51. The molecule has 0 aliphatic carbocycles. The molecular formula is C11H17NO2. The highest BCUT2D eigenvalue weighted by molar-refractivity contribution is 5.05. The molecule has 3 nitrogen and oxygen atoms in total. The fraction of sp³-hybridized carbons (Fsp3) is 0.636. The van der Waals surface area contributed by atoms with Crippen LogP contribution in [0, 0.1) is 6.92 Å². The van der Waals surface area contributed by atoms with Gasteiger partial charge >= 0.3 is 0 Å². The molecular weight excluding hydrogens is 178 g/mol. The normalized spacial score (nSPS) is 22.5. The molecule has 1 atom stereocenters. The van der Waals surface area contributed by atoms with Crippen LogP contribution in [0.15, 0.2) is 16.5 Å². The highest BCUT2D eigenvalue weighted by Crippen LogP contribution is 2.11. The monoisotopic (exact) mass is 195 g/mol. The number of ether oxygens (including phenoxy) is 1. The first kappa shape index (κ1) is 9.74. The van der Waals surface area contributed by atoms with Crippen molar-refractivity contribution in [3.8, 4) is 0 Å². The SMILES string of the molecule is Cc1ccc(CCC2CNCCO2)o1. The lowest BCUT2D eigenvalue weighted by Gasteiger charge is -2.23. The second-order valence-electron chi connectivity index (χ2n) is 3.75. The zero-order chi connectivity index (χ0) is 9.80. The zero-order valence-electron chi connectivity index (χ0n) is 8.58. The van der Waals surface area contributed by atoms with Crippen LogP contribution >= 0.6 is 0 Å². The quantitative estimate of drug-likeness (QED) is 0.794. The van der Waals surface area contributed by atoms with E-state index in [0.29, 0.717) is 6.10 Å². The molecule has 1 aliphatic heterocycles. The molecule has 0 saturated carbocycles. The topological polar surface area (TPSA) is 34.4 Å². The third kappa shape index (κ3) is 2.59. The van der Waals surface area contributed by atoms with E-state index < -0.39 is 0 Å². The molecule has 3 heteroatoms. The van der Waals surface area contributed by atoms with Crippen molar-refractivity contribution in [1.82, 2.24) is 5.32 Å². The Morgan fingerprint density at radius 1 is 1.50 bits per heavy atom. The highest BCUT2D eigenvalue weighted by Gasteiger charge is 2.13. The molecule has 1 unspecified atom stereocenters. The van der Waals surface area contributed by atoms with Gasteiger partial charge in [0.05, 0.1) is 12.7 Å². The Morgan fingerprint density at radius 3 is 3.07 bits per heavy atom. The van der Waals surface area contributed by atoms with Crippen LogP contribution < -0.4 is 5.32 Å². The van der Waals surface area contributed by atoms with Crippen molar-refractivity contribution < 1.29 is 9.15 Å².